The van der Waals surface area contributed by atoms with Crippen molar-refractivity contribution in [2.75, 3.05) is 13.1 Å². The Kier molecular flexibility index (Phi) is 9.18. The maximum Gasteiger partial charge on any atom is 0.000494 e. The van der Waals surface area contributed by atoms with Crippen molar-refractivity contribution in [1.29, 1.82) is 0 Å². The summed E-state index contributed by atoms with van der Waals surface area (Å²) in [7, 11) is 0. The lowest BCUT2D eigenvalue weighted by Crippen LogP contribution is -2.31. The van der Waals surface area contributed by atoms with Crippen LogP contribution in [0.3, 0.4) is 0 Å². The summed E-state index contributed by atoms with van der Waals surface area (Å²) < 4.78 is 0. The molecule has 0 spiro atoms. The van der Waals surface area contributed by atoms with Crippen LogP contribution in [0.25, 0.3) is 0 Å². The summed E-state index contributed by atoms with van der Waals surface area (Å²) in [4.78, 5) is 0. The Morgan fingerprint density at radius 1 is 0.933 bits per heavy atom. The molecule has 1 unspecified atom stereocenters. The predicted molar refractivity (Wildman–Crippen MR) is 70.3 cm³/mol. The predicted octanol–water partition coefficient (Wildman–Crippen LogP) is 4.37. The van der Waals surface area contributed by atoms with E-state index in [2.05, 4.69) is 33.0 Å². The molecule has 0 saturated heterocycles. The van der Waals surface area contributed by atoms with Crippen molar-refractivity contribution in [3.63, 3.8) is 0 Å². The van der Waals surface area contributed by atoms with Gasteiger partial charge in [0, 0.05) is 6.54 Å². The first kappa shape index (κ1) is 15.0. The van der Waals surface area contributed by atoms with E-state index in [1.807, 2.05) is 0 Å². The topological polar surface area (TPSA) is 12.0 Å². The molecular weight excluding hydrogens is 182 g/mol. The van der Waals surface area contributed by atoms with Crippen molar-refractivity contribution in [2.45, 2.75) is 72.6 Å². The number of nitrogens with one attached hydrogen (secondary N) is 1. The smallest absolute Gasteiger partial charge is 0.000494 e. The first-order valence-electron chi connectivity index (χ1n) is 6.89. The van der Waals surface area contributed by atoms with E-state index in [1.54, 1.807) is 0 Å². The van der Waals surface area contributed by atoms with E-state index in [0.717, 1.165) is 6.54 Å². The van der Waals surface area contributed by atoms with E-state index in [0.29, 0.717) is 5.41 Å². The van der Waals surface area contributed by atoms with Crippen LogP contribution in [-0.2, 0) is 0 Å². The summed E-state index contributed by atoms with van der Waals surface area (Å²) in [5.41, 5.74) is 0.530. The molecule has 0 aliphatic carbocycles. The van der Waals surface area contributed by atoms with Gasteiger partial charge in [0.2, 0.25) is 0 Å². The molecule has 0 aromatic heterocycles. The molecule has 0 rings (SSSR count). The molecule has 0 fully saturated rings. The number of rotatable bonds is 10. The molecule has 0 bridgehead atoms. The zero-order valence-electron chi connectivity index (χ0n) is 11.4. The molecule has 0 aliphatic heterocycles. The summed E-state index contributed by atoms with van der Waals surface area (Å²) in [6, 6.07) is 0. The van der Waals surface area contributed by atoms with E-state index in [-0.39, 0.29) is 0 Å². The summed E-state index contributed by atoms with van der Waals surface area (Å²) in [5, 5.41) is 3.49. The van der Waals surface area contributed by atoms with Crippen LogP contribution >= 0.6 is 0 Å². The third-order valence-electron chi connectivity index (χ3n) is 3.54. The minimum absolute atomic E-state index is 0.530. The fourth-order valence-corrected chi connectivity index (χ4v) is 1.97. The largest absolute Gasteiger partial charge is 0.316 e. The average molecular weight is 213 g/mol. The summed E-state index contributed by atoms with van der Waals surface area (Å²) >= 11 is 0. The molecule has 1 atom stereocenters. The van der Waals surface area contributed by atoms with Gasteiger partial charge in [0.05, 0.1) is 0 Å². The lowest BCUT2D eigenvalue weighted by Gasteiger charge is -2.28. The summed E-state index contributed by atoms with van der Waals surface area (Å²) in [5.74, 6) is 0. The normalized spacial score (nSPS) is 15.2. The van der Waals surface area contributed by atoms with Gasteiger partial charge in [-0.15, -0.1) is 0 Å². The first-order chi connectivity index (χ1) is 7.18. The Hall–Kier alpha value is -0.0400. The molecule has 0 aliphatic rings. The monoisotopic (exact) mass is 213 g/mol. The second-order valence-corrected chi connectivity index (χ2v) is 5.11. The molecule has 15 heavy (non-hydrogen) atoms. The van der Waals surface area contributed by atoms with Gasteiger partial charge in [-0.1, -0.05) is 59.8 Å². The van der Waals surface area contributed by atoms with E-state index in [1.165, 1.54) is 51.5 Å². The molecule has 1 N–H and O–H groups in total. The number of hydrogen-bond acceptors (Lipinski definition) is 1. The van der Waals surface area contributed by atoms with Crippen LogP contribution in [0.1, 0.15) is 72.6 Å². The minimum atomic E-state index is 0.530. The van der Waals surface area contributed by atoms with E-state index in [4.69, 9.17) is 0 Å². The lowest BCUT2D eigenvalue weighted by atomic mass is 9.82. The maximum atomic E-state index is 3.49. The van der Waals surface area contributed by atoms with Crippen molar-refractivity contribution < 1.29 is 0 Å². The van der Waals surface area contributed by atoms with Gasteiger partial charge in [-0.3, -0.25) is 0 Å². The Morgan fingerprint density at radius 3 is 2.13 bits per heavy atom. The minimum Gasteiger partial charge on any atom is -0.316 e. The van der Waals surface area contributed by atoms with Crippen molar-refractivity contribution >= 4 is 0 Å². The maximum absolute atomic E-state index is 3.49. The van der Waals surface area contributed by atoms with Crippen molar-refractivity contribution in [1.82, 2.24) is 5.32 Å². The highest BCUT2D eigenvalue weighted by Gasteiger charge is 2.20. The van der Waals surface area contributed by atoms with Crippen molar-refractivity contribution in [2.24, 2.45) is 5.41 Å². The molecule has 1 nitrogen and oxygen atoms in total. The van der Waals surface area contributed by atoms with Crippen LogP contribution in [-0.4, -0.2) is 13.1 Å². The Morgan fingerprint density at radius 2 is 1.60 bits per heavy atom. The molecule has 1 heteroatoms. The Labute approximate surface area is 97.0 Å². The molecule has 0 saturated carbocycles. The van der Waals surface area contributed by atoms with E-state index >= 15 is 0 Å². The first-order valence-corrected chi connectivity index (χ1v) is 6.89. The third kappa shape index (κ3) is 7.84. The highest BCUT2D eigenvalue weighted by molar-refractivity contribution is 4.75. The van der Waals surface area contributed by atoms with Crippen LogP contribution in [0, 0.1) is 5.41 Å². The van der Waals surface area contributed by atoms with Crippen molar-refractivity contribution in [3.05, 3.63) is 0 Å². The van der Waals surface area contributed by atoms with Crippen LogP contribution in [0.15, 0.2) is 0 Å². The van der Waals surface area contributed by atoms with Crippen LogP contribution in [0.5, 0.6) is 0 Å². The zero-order chi connectivity index (χ0) is 11.6. The van der Waals surface area contributed by atoms with Crippen LogP contribution in [0.4, 0.5) is 0 Å². The molecule has 0 aromatic carbocycles. The van der Waals surface area contributed by atoms with Crippen molar-refractivity contribution in [3.8, 4) is 0 Å². The number of unbranched alkanes of at least 4 members (excludes halogenated alkanes) is 4. The summed E-state index contributed by atoms with van der Waals surface area (Å²) in [6.45, 7) is 11.5. The second-order valence-electron chi connectivity index (χ2n) is 5.11. The average Bonchev–Trinajstić information content (AvgIpc) is 2.26. The Balaban J connectivity index is 3.58. The summed E-state index contributed by atoms with van der Waals surface area (Å²) in [6.07, 6.45) is 9.72. The number of hydrogen-bond donors (Lipinski definition) is 1. The third-order valence-corrected chi connectivity index (χ3v) is 3.54. The fraction of sp³-hybridized carbons (Fsp3) is 1.00. The standard InChI is InChI=1S/C14H31N/c1-5-8-9-10-11-12-14(4,6-2)13-15-7-3/h15H,5-13H2,1-4H3. The molecule has 0 aromatic rings. The highest BCUT2D eigenvalue weighted by atomic mass is 14.9. The van der Waals surface area contributed by atoms with E-state index < -0.39 is 0 Å². The molecule has 0 heterocycles. The van der Waals surface area contributed by atoms with Crippen LogP contribution < -0.4 is 5.32 Å². The molecule has 92 valence electrons. The highest BCUT2D eigenvalue weighted by Crippen LogP contribution is 2.27. The van der Waals surface area contributed by atoms with Gasteiger partial charge in [0.15, 0.2) is 0 Å². The van der Waals surface area contributed by atoms with Gasteiger partial charge in [0.1, 0.15) is 0 Å². The molecule has 0 radical (unpaired) electrons. The lowest BCUT2D eigenvalue weighted by molar-refractivity contribution is 0.261. The zero-order valence-corrected chi connectivity index (χ0v) is 11.4. The van der Waals surface area contributed by atoms with Gasteiger partial charge < -0.3 is 5.32 Å². The Bertz CT molecular complexity index is 133. The van der Waals surface area contributed by atoms with Gasteiger partial charge in [0.25, 0.3) is 0 Å². The fourth-order valence-electron chi connectivity index (χ4n) is 1.97. The van der Waals surface area contributed by atoms with Gasteiger partial charge in [-0.2, -0.15) is 0 Å². The van der Waals surface area contributed by atoms with Gasteiger partial charge in [-0.05, 0) is 24.8 Å². The van der Waals surface area contributed by atoms with Crippen LogP contribution in [0.2, 0.25) is 0 Å². The second kappa shape index (κ2) is 9.21. The van der Waals surface area contributed by atoms with E-state index in [9.17, 15) is 0 Å². The molecular formula is C14H31N. The SMILES string of the molecule is CCCCCCCC(C)(CC)CNCC. The van der Waals surface area contributed by atoms with Gasteiger partial charge >= 0.3 is 0 Å². The quantitative estimate of drug-likeness (QED) is 0.531. The van der Waals surface area contributed by atoms with Gasteiger partial charge in [-0.25, -0.2) is 0 Å². The molecule has 0 amide bonds.